The molecule has 2 rings (SSSR count). The molecule has 0 saturated heterocycles. The minimum absolute atomic E-state index is 0.102. The standard InChI is InChI=1S/C17H22N4O5S/c1-17(2,3)26-15(23)20-13(18)10-7-11(27-9-10)8-19-14(22)12-5-4-6-21(12)16(24)25/h4,6-7,9,12H,5,8H2,1-3H3,(H,19,22)(H,24,25)(H2,18,20,23). The van der Waals surface area contributed by atoms with Crippen LogP contribution < -0.4 is 10.6 Å². The molecular formula is C17H22N4O5S. The molecule has 9 nitrogen and oxygen atoms in total. The first kappa shape index (κ1) is 20.4. The third-order valence-corrected chi connectivity index (χ3v) is 4.43. The Bertz CT molecular complexity index is 781. The molecular weight excluding hydrogens is 372 g/mol. The lowest BCUT2D eigenvalue weighted by atomic mass is 10.2. The Morgan fingerprint density at radius 2 is 2.11 bits per heavy atom. The highest BCUT2D eigenvalue weighted by molar-refractivity contribution is 7.10. The van der Waals surface area contributed by atoms with Crippen LogP contribution in [0.4, 0.5) is 9.59 Å². The summed E-state index contributed by atoms with van der Waals surface area (Å²) in [6, 6.07) is 0.904. The molecule has 27 heavy (non-hydrogen) atoms. The topological polar surface area (TPSA) is 132 Å². The van der Waals surface area contributed by atoms with Crippen LogP contribution in [0.3, 0.4) is 0 Å². The van der Waals surface area contributed by atoms with Crippen LogP contribution in [0.5, 0.6) is 0 Å². The van der Waals surface area contributed by atoms with Gasteiger partial charge in [0, 0.05) is 22.0 Å². The lowest BCUT2D eigenvalue weighted by molar-refractivity contribution is -0.124. The Morgan fingerprint density at radius 3 is 2.74 bits per heavy atom. The molecule has 1 aromatic heterocycles. The van der Waals surface area contributed by atoms with Crippen LogP contribution in [0, 0.1) is 5.41 Å². The maximum atomic E-state index is 12.2. The maximum Gasteiger partial charge on any atom is 0.413 e. The molecule has 1 aliphatic rings. The van der Waals surface area contributed by atoms with Crippen molar-refractivity contribution in [2.45, 2.75) is 45.4 Å². The van der Waals surface area contributed by atoms with E-state index >= 15 is 0 Å². The second kappa shape index (κ2) is 8.21. The number of nitrogens with zero attached hydrogens (tertiary/aromatic N) is 1. The van der Waals surface area contributed by atoms with E-state index in [1.165, 1.54) is 17.5 Å². The van der Waals surface area contributed by atoms with E-state index in [0.717, 1.165) is 9.78 Å². The first-order valence-corrected chi connectivity index (χ1v) is 9.07. The number of carbonyl (C=O) groups is 3. The zero-order chi connectivity index (χ0) is 20.2. The molecule has 0 bridgehead atoms. The minimum atomic E-state index is -1.18. The number of hydrogen-bond donors (Lipinski definition) is 4. The van der Waals surface area contributed by atoms with Gasteiger partial charge in [0.15, 0.2) is 0 Å². The van der Waals surface area contributed by atoms with Gasteiger partial charge in [-0.25, -0.2) is 9.59 Å². The van der Waals surface area contributed by atoms with Gasteiger partial charge in [-0.05, 0) is 33.3 Å². The van der Waals surface area contributed by atoms with Crippen molar-refractivity contribution in [3.05, 3.63) is 34.2 Å². The third-order valence-electron chi connectivity index (χ3n) is 3.49. The number of rotatable bonds is 4. The van der Waals surface area contributed by atoms with Gasteiger partial charge in [0.25, 0.3) is 0 Å². The van der Waals surface area contributed by atoms with Gasteiger partial charge in [-0.2, -0.15) is 0 Å². The lowest BCUT2D eigenvalue weighted by Crippen LogP contribution is -2.44. The van der Waals surface area contributed by atoms with Crippen LogP contribution in [0.2, 0.25) is 0 Å². The van der Waals surface area contributed by atoms with Crippen molar-refractivity contribution in [3.63, 3.8) is 0 Å². The molecule has 3 amide bonds. The second-order valence-electron chi connectivity index (χ2n) is 6.85. The molecule has 0 spiro atoms. The summed E-state index contributed by atoms with van der Waals surface area (Å²) in [7, 11) is 0. The van der Waals surface area contributed by atoms with Gasteiger partial charge in [0.05, 0.1) is 6.54 Å². The summed E-state index contributed by atoms with van der Waals surface area (Å²) in [5, 5.41) is 23.7. The predicted octanol–water partition coefficient (Wildman–Crippen LogP) is 2.48. The predicted molar refractivity (Wildman–Crippen MR) is 99.8 cm³/mol. The molecule has 1 aliphatic heterocycles. The van der Waals surface area contributed by atoms with Crippen molar-refractivity contribution < 1.29 is 24.2 Å². The van der Waals surface area contributed by atoms with E-state index in [1.54, 1.807) is 38.3 Å². The molecule has 0 saturated carbocycles. The maximum absolute atomic E-state index is 12.2. The Balaban J connectivity index is 1.87. The first-order chi connectivity index (χ1) is 12.6. The van der Waals surface area contributed by atoms with Crippen LogP contribution >= 0.6 is 11.3 Å². The van der Waals surface area contributed by atoms with Crippen molar-refractivity contribution in [2.24, 2.45) is 0 Å². The monoisotopic (exact) mass is 394 g/mol. The number of amidine groups is 1. The number of amides is 3. The fraction of sp³-hybridized carbons (Fsp3) is 0.412. The van der Waals surface area contributed by atoms with Gasteiger partial charge in [-0.3, -0.25) is 20.4 Å². The normalized spacial score (nSPS) is 16.1. The number of carbonyl (C=O) groups excluding carboxylic acids is 2. The van der Waals surface area contributed by atoms with Gasteiger partial charge in [-0.1, -0.05) is 6.08 Å². The van der Waals surface area contributed by atoms with Crippen LogP contribution in [-0.4, -0.2) is 45.6 Å². The summed E-state index contributed by atoms with van der Waals surface area (Å²) in [5.41, 5.74) is -0.169. The fourth-order valence-electron chi connectivity index (χ4n) is 2.33. The zero-order valence-corrected chi connectivity index (χ0v) is 16.1. The van der Waals surface area contributed by atoms with E-state index < -0.39 is 23.8 Å². The van der Waals surface area contributed by atoms with Crippen LogP contribution in [-0.2, 0) is 16.1 Å². The van der Waals surface area contributed by atoms with Crippen LogP contribution in [0.25, 0.3) is 0 Å². The van der Waals surface area contributed by atoms with E-state index in [1.807, 2.05) is 0 Å². The Hall–Kier alpha value is -2.88. The highest BCUT2D eigenvalue weighted by atomic mass is 32.1. The van der Waals surface area contributed by atoms with Gasteiger partial charge in [0.2, 0.25) is 5.91 Å². The number of nitrogens with one attached hydrogen (secondary N) is 3. The molecule has 2 heterocycles. The fourth-order valence-corrected chi connectivity index (χ4v) is 3.14. The van der Waals surface area contributed by atoms with E-state index in [0.29, 0.717) is 12.0 Å². The molecule has 0 aromatic carbocycles. The molecule has 10 heteroatoms. The number of ether oxygens (including phenoxy) is 1. The molecule has 0 fully saturated rings. The van der Waals surface area contributed by atoms with Crippen molar-refractivity contribution in [2.75, 3.05) is 0 Å². The Kier molecular flexibility index (Phi) is 6.21. The summed E-state index contributed by atoms with van der Waals surface area (Å²) in [4.78, 5) is 36.7. The molecule has 1 atom stereocenters. The molecule has 1 aromatic rings. The van der Waals surface area contributed by atoms with E-state index in [4.69, 9.17) is 15.3 Å². The summed E-state index contributed by atoms with van der Waals surface area (Å²) >= 11 is 1.32. The first-order valence-electron chi connectivity index (χ1n) is 8.19. The average molecular weight is 394 g/mol. The molecule has 146 valence electrons. The van der Waals surface area contributed by atoms with Gasteiger partial charge >= 0.3 is 12.2 Å². The second-order valence-corrected chi connectivity index (χ2v) is 7.84. The zero-order valence-electron chi connectivity index (χ0n) is 15.2. The van der Waals surface area contributed by atoms with E-state index in [-0.39, 0.29) is 18.3 Å². The number of alkyl carbamates (subject to hydrolysis) is 1. The van der Waals surface area contributed by atoms with Crippen molar-refractivity contribution in [1.29, 1.82) is 5.41 Å². The summed E-state index contributed by atoms with van der Waals surface area (Å²) < 4.78 is 5.10. The SMILES string of the molecule is CC(C)(C)OC(=O)NC(=N)c1csc(CNC(=O)C2CC=CN2C(=O)O)c1. The largest absolute Gasteiger partial charge is 0.465 e. The van der Waals surface area contributed by atoms with E-state index in [2.05, 4.69) is 10.6 Å². The Labute approximate surface area is 160 Å². The highest BCUT2D eigenvalue weighted by Gasteiger charge is 2.30. The van der Waals surface area contributed by atoms with Crippen molar-refractivity contribution in [3.8, 4) is 0 Å². The van der Waals surface area contributed by atoms with Crippen LogP contribution in [0.1, 0.15) is 37.6 Å². The van der Waals surface area contributed by atoms with Crippen molar-refractivity contribution >= 4 is 35.3 Å². The molecule has 1 unspecified atom stereocenters. The smallest absolute Gasteiger partial charge is 0.413 e. The van der Waals surface area contributed by atoms with Crippen LogP contribution in [0.15, 0.2) is 23.7 Å². The number of hydrogen-bond acceptors (Lipinski definition) is 6. The highest BCUT2D eigenvalue weighted by Crippen LogP contribution is 2.17. The summed E-state index contributed by atoms with van der Waals surface area (Å²) in [6.07, 6.45) is 1.45. The number of carboxylic acid groups (broad SMARTS) is 1. The summed E-state index contributed by atoms with van der Waals surface area (Å²) in [6.45, 7) is 5.39. The van der Waals surface area contributed by atoms with Gasteiger partial charge in [-0.15, -0.1) is 11.3 Å². The summed E-state index contributed by atoms with van der Waals surface area (Å²) in [5.74, 6) is -0.491. The van der Waals surface area contributed by atoms with Crippen molar-refractivity contribution in [1.82, 2.24) is 15.5 Å². The molecule has 4 N–H and O–H groups in total. The van der Waals surface area contributed by atoms with Gasteiger partial charge < -0.3 is 15.2 Å². The average Bonchev–Trinajstić information content (AvgIpc) is 3.20. The van der Waals surface area contributed by atoms with E-state index in [9.17, 15) is 14.4 Å². The molecule has 0 radical (unpaired) electrons. The number of thiophene rings is 1. The van der Waals surface area contributed by atoms with Gasteiger partial charge in [0.1, 0.15) is 17.5 Å². The Morgan fingerprint density at radius 1 is 1.41 bits per heavy atom. The third kappa shape index (κ3) is 5.81. The lowest BCUT2D eigenvalue weighted by Gasteiger charge is -2.19. The minimum Gasteiger partial charge on any atom is -0.465 e. The molecule has 0 aliphatic carbocycles. The quantitative estimate of drug-likeness (QED) is 0.460.